The van der Waals surface area contributed by atoms with Gasteiger partial charge in [-0.05, 0) is 30.7 Å². The normalized spacial score (nSPS) is 11.4. The summed E-state index contributed by atoms with van der Waals surface area (Å²) in [5.41, 5.74) is 1.53. The van der Waals surface area contributed by atoms with Gasteiger partial charge in [-0.15, -0.1) is 0 Å². The van der Waals surface area contributed by atoms with E-state index in [2.05, 4.69) is 0 Å². The number of carbonyl (C=O) groups is 1. The monoisotopic (exact) mass is 315 g/mol. The second kappa shape index (κ2) is 8.24. The zero-order valence-electron chi connectivity index (χ0n) is 13.5. The Morgan fingerprint density at radius 2 is 1.95 bits per heavy atom. The van der Waals surface area contributed by atoms with Gasteiger partial charge in [-0.1, -0.05) is 41.9 Å². The Morgan fingerprint density at radius 3 is 2.50 bits per heavy atom. The van der Waals surface area contributed by atoms with E-state index in [0.717, 1.165) is 5.56 Å². The Morgan fingerprint density at radius 1 is 1.32 bits per heavy atom. The van der Waals surface area contributed by atoms with Crippen LogP contribution in [0.1, 0.15) is 13.9 Å². The predicted molar refractivity (Wildman–Crippen MR) is 82.2 cm³/mol. The van der Waals surface area contributed by atoms with Crippen molar-refractivity contribution < 1.29 is 34.6 Å². The van der Waals surface area contributed by atoms with Crippen molar-refractivity contribution in [3.8, 4) is 0 Å². The first-order valence-electron chi connectivity index (χ1n) is 6.47. The van der Waals surface area contributed by atoms with Crippen LogP contribution in [-0.2, 0) is 11.3 Å². The van der Waals surface area contributed by atoms with E-state index in [-0.39, 0.29) is 25.3 Å². The molecule has 1 unspecified atom stereocenters. The molecule has 2 rings (SSSR count). The van der Waals surface area contributed by atoms with Crippen molar-refractivity contribution in [2.75, 3.05) is 4.90 Å². The smallest absolute Gasteiger partial charge is 1.00 e. The van der Waals surface area contributed by atoms with Crippen molar-refractivity contribution in [3.05, 3.63) is 64.9 Å². The zero-order valence-corrected chi connectivity index (χ0v) is 13.2. The molecule has 0 aliphatic heterocycles. The van der Waals surface area contributed by atoms with E-state index in [4.69, 9.17) is 11.6 Å². The quantitative estimate of drug-likeness (QED) is 0.839. The molecular formula is C16H16ClFLiNO2. The van der Waals surface area contributed by atoms with E-state index in [1.165, 1.54) is 18.2 Å². The number of rotatable bonds is 5. The first-order valence-corrected chi connectivity index (χ1v) is 6.85. The summed E-state index contributed by atoms with van der Waals surface area (Å²) < 4.78 is 13.3. The molecule has 112 valence electrons. The molecule has 0 fully saturated rings. The molecular weight excluding hydrogens is 300 g/mol. The Balaban J connectivity index is 0.00000242. The van der Waals surface area contributed by atoms with Gasteiger partial charge in [-0.25, -0.2) is 9.18 Å². The van der Waals surface area contributed by atoms with E-state index in [9.17, 15) is 14.3 Å². The number of nitrogens with zero attached hydrogens (tertiary/aromatic N) is 1. The van der Waals surface area contributed by atoms with Gasteiger partial charge in [0.05, 0.1) is 5.02 Å². The molecule has 0 amide bonds. The van der Waals surface area contributed by atoms with Gasteiger partial charge in [-0.3, -0.25) is 0 Å². The van der Waals surface area contributed by atoms with Gasteiger partial charge in [0, 0.05) is 12.2 Å². The van der Waals surface area contributed by atoms with Crippen molar-refractivity contribution in [1.82, 2.24) is 0 Å². The summed E-state index contributed by atoms with van der Waals surface area (Å²) >= 11 is 5.80. The summed E-state index contributed by atoms with van der Waals surface area (Å²) in [7, 11) is 0. The first kappa shape index (κ1) is 18.6. The number of halogens is 2. The summed E-state index contributed by atoms with van der Waals surface area (Å²) in [5.74, 6) is -1.48. The molecule has 0 spiro atoms. The van der Waals surface area contributed by atoms with Gasteiger partial charge in [0.2, 0.25) is 0 Å². The van der Waals surface area contributed by atoms with Crippen LogP contribution < -0.4 is 23.8 Å². The van der Waals surface area contributed by atoms with Crippen LogP contribution in [0.4, 0.5) is 10.1 Å². The molecule has 0 heterocycles. The van der Waals surface area contributed by atoms with E-state index in [1.807, 2.05) is 30.3 Å². The van der Waals surface area contributed by atoms with Crippen LogP contribution in [0.5, 0.6) is 0 Å². The fourth-order valence-corrected chi connectivity index (χ4v) is 2.20. The van der Waals surface area contributed by atoms with Gasteiger partial charge in [-0.2, -0.15) is 0 Å². The fraction of sp³-hybridized carbons (Fsp3) is 0.188. The van der Waals surface area contributed by atoms with Crippen LogP contribution in [0.25, 0.3) is 0 Å². The number of benzene rings is 2. The minimum atomic E-state index is -0.952. The van der Waals surface area contributed by atoms with E-state index in [1.54, 1.807) is 11.8 Å². The molecule has 0 bridgehead atoms. The summed E-state index contributed by atoms with van der Waals surface area (Å²) in [4.78, 5) is 13.0. The van der Waals surface area contributed by atoms with Crippen molar-refractivity contribution in [3.63, 3.8) is 0 Å². The Bertz CT molecular complexity index is 645. The molecule has 2 aromatic rings. The molecule has 0 aliphatic rings. The van der Waals surface area contributed by atoms with Crippen LogP contribution in [0.15, 0.2) is 48.5 Å². The number of hydrogen-bond acceptors (Lipinski definition) is 2. The molecule has 0 radical (unpaired) electrons. The number of hydrogen-bond donors (Lipinski definition) is 1. The van der Waals surface area contributed by atoms with Gasteiger partial charge in [0.15, 0.2) is 0 Å². The number of carboxylic acid groups (broad SMARTS) is 1. The Hall–Kier alpha value is -1.47. The largest absolute Gasteiger partial charge is 1.00 e. The molecule has 0 aliphatic carbocycles. The number of anilines is 1. The maximum atomic E-state index is 13.3. The molecule has 22 heavy (non-hydrogen) atoms. The van der Waals surface area contributed by atoms with Crippen LogP contribution in [0, 0.1) is 5.82 Å². The van der Waals surface area contributed by atoms with Crippen molar-refractivity contribution in [2.45, 2.75) is 19.5 Å². The van der Waals surface area contributed by atoms with Gasteiger partial charge < -0.3 is 11.4 Å². The minimum Gasteiger partial charge on any atom is -1.00 e. The number of aliphatic carboxylic acids is 1. The first-order chi connectivity index (χ1) is 9.99. The molecule has 2 aromatic carbocycles. The maximum absolute atomic E-state index is 13.3. The molecule has 0 saturated heterocycles. The topological polar surface area (TPSA) is 40.5 Å². The van der Waals surface area contributed by atoms with Crippen LogP contribution in [-0.4, -0.2) is 17.1 Å². The van der Waals surface area contributed by atoms with Crippen molar-refractivity contribution in [1.29, 1.82) is 0 Å². The SMILES string of the molecule is CC(C(=O)O)N(Cc1ccccc1)c1ccc(F)c(Cl)c1.[H-].[Li+]. The molecule has 0 saturated carbocycles. The molecule has 0 aromatic heterocycles. The zero-order chi connectivity index (χ0) is 15.4. The second-order valence-corrected chi connectivity index (χ2v) is 5.13. The minimum absolute atomic E-state index is 0. The van der Waals surface area contributed by atoms with Crippen LogP contribution in [0.3, 0.4) is 0 Å². The van der Waals surface area contributed by atoms with Gasteiger partial charge >= 0.3 is 24.8 Å². The molecule has 6 heteroatoms. The van der Waals surface area contributed by atoms with Crippen molar-refractivity contribution in [2.24, 2.45) is 0 Å². The Labute approximate surface area is 147 Å². The van der Waals surface area contributed by atoms with Gasteiger partial charge in [0.1, 0.15) is 11.9 Å². The molecule has 1 atom stereocenters. The second-order valence-electron chi connectivity index (χ2n) is 4.73. The summed E-state index contributed by atoms with van der Waals surface area (Å²) in [6.45, 7) is 1.98. The third kappa shape index (κ3) is 4.51. The molecule has 3 nitrogen and oxygen atoms in total. The van der Waals surface area contributed by atoms with E-state index >= 15 is 0 Å². The summed E-state index contributed by atoms with van der Waals surface area (Å²) in [5, 5.41) is 9.24. The standard InChI is InChI=1S/C16H15ClFNO2.Li.H/c1-11(16(20)21)19(10-12-5-3-2-4-6-12)13-7-8-15(18)14(17)9-13;;/h2-9,11H,10H2,1H3,(H,20,21);;/q;+1;-1. The van der Waals surface area contributed by atoms with E-state index < -0.39 is 17.8 Å². The average molecular weight is 316 g/mol. The summed E-state index contributed by atoms with van der Waals surface area (Å²) in [6.07, 6.45) is 0. The third-order valence-electron chi connectivity index (χ3n) is 3.26. The molecule has 1 N–H and O–H groups in total. The fourth-order valence-electron chi connectivity index (χ4n) is 2.03. The van der Waals surface area contributed by atoms with Gasteiger partial charge in [0.25, 0.3) is 0 Å². The predicted octanol–water partition coefficient (Wildman–Crippen LogP) is 1.08. The third-order valence-corrected chi connectivity index (χ3v) is 3.55. The van der Waals surface area contributed by atoms with Crippen LogP contribution >= 0.6 is 11.6 Å². The maximum Gasteiger partial charge on any atom is 1.00 e. The summed E-state index contributed by atoms with van der Waals surface area (Å²) in [6, 6.07) is 12.9. The average Bonchev–Trinajstić information content (AvgIpc) is 2.48. The van der Waals surface area contributed by atoms with E-state index in [0.29, 0.717) is 12.2 Å². The Kier molecular flexibility index (Phi) is 6.95. The number of carboxylic acids is 1. The van der Waals surface area contributed by atoms with Crippen LogP contribution in [0.2, 0.25) is 5.02 Å². The van der Waals surface area contributed by atoms with Crippen molar-refractivity contribution >= 4 is 23.3 Å².